The minimum atomic E-state index is -1.89. The van der Waals surface area contributed by atoms with E-state index in [1.54, 1.807) is 0 Å². The van der Waals surface area contributed by atoms with Crippen LogP contribution in [-0.4, -0.2) is 10.2 Å². The Hall–Kier alpha value is -0.750. The van der Waals surface area contributed by atoms with Gasteiger partial charge in [0.05, 0.1) is 0 Å². The van der Waals surface area contributed by atoms with Gasteiger partial charge in [0.15, 0.2) is 5.72 Å². The first-order valence-corrected chi connectivity index (χ1v) is 5.09. The molecule has 80 valence electrons. The number of hydrogen-bond acceptors (Lipinski definition) is 3. The number of benzene rings is 1. The van der Waals surface area contributed by atoms with Crippen molar-refractivity contribution in [2.75, 3.05) is 0 Å². The molecule has 1 aliphatic carbocycles. The highest BCUT2D eigenvalue weighted by atomic mass is 79.9. The van der Waals surface area contributed by atoms with E-state index >= 15 is 0 Å². The van der Waals surface area contributed by atoms with E-state index < -0.39 is 17.6 Å². The van der Waals surface area contributed by atoms with Gasteiger partial charge in [0.2, 0.25) is 0 Å². The zero-order valence-electron chi connectivity index (χ0n) is 7.61. The second-order valence-electron chi connectivity index (χ2n) is 3.46. The molecular weight excluding hydrogens is 265 g/mol. The van der Waals surface area contributed by atoms with Crippen LogP contribution < -0.4 is 5.73 Å². The molecule has 1 aromatic carbocycles. The van der Waals surface area contributed by atoms with Crippen LogP contribution in [0.15, 0.2) is 28.8 Å². The Kier molecular flexibility index (Phi) is 2.42. The average Bonchev–Trinajstić information content (AvgIpc) is 2.13. The van der Waals surface area contributed by atoms with Crippen LogP contribution in [0.2, 0.25) is 0 Å². The van der Waals surface area contributed by atoms with Crippen LogP contribution in [0.5, 0.6) is 0 Å². The van der Waals surface area contributed by atoms with Crippen LogP contribution in [0.1, 0.15) is 17.2 Å². The van der Waals surface area contributed by atoms with Crippen LogP contribution in [0.25, 0.3) is 0 Å². The Bertz CT molecular complexity index is 445. The normalized spacial score (nSPS) is 29.7. The lowest BCUT2D eigenvalue weighted by molar-refractivity contribution is 0.0797. The van der Waals surface area contributed by atoms with E-state index in [0.717, 1.165) is 0 Å². The van der Waals surface area contributed by atoms with Crippen LogP contribution in [0.3, 0.4) is 0 Å². The van der Waals surface area contributed by atoms with Crippen LogP contribution in [-0.2, 0) is 5.72 Å². The summed E-state index contributed by atoms with van der Waals surface area (Å²) in [7, 11) is 0. The summed E-state index contributed by atoms with van der Waals surface area (Å²) in [5.74, 6) is -0.632. The third-order valence-electron chi connectivity index (χ3n) is 2.36. The smallest absolute Gasteiger partial charge is 0.163 e. The molecule has 0 heterocycles. The molecule has 4 N–H and O–H groups in total. The van der Waals surface area contributed by atoms with Gasteiger partial charge in [-0.1, -0.05) is 28.1 Å². The third kappa shape index (κ3) is 1.61. The molecule has 0 saturated heterocycles. The standard InChI is InChI=1S/C10H9BrFNO2/c11-6-4-10(13,15)8-5(9(6)14)2-1-3-7(8)12/h1-4,9,14-15H,13H2. The maximum Gasteiger partial charge on any atom is 0.163 e. The molecule has 5 heteroatoms. The van der Waals surface area contributed by atoms with E-state index in [2.05, 4.69) is 15.9 Å². The quantitative estimate of drug-likeness (QED) is 0.624. The lowest BCUT2D eigenvalue weighted by Gasteiger charge is -2.30. The lowest BCUT2D eigenvalue weighted by Crippen LogP contribution is -2.39. The summed E-state index contributed by atoms with van der Waals surface area (Å²) in [5.41, 5.74) is 3.84. The molecule has 2 atom stereocenters. The summed E-state index contributed by atoms with van der Waals surface area (Å²) in [6.07, 6.45) is 0.197. The first-order valence-electron chi connectivity index (χ1n) is 4.30. The maximum absolute atomic E-state index is 13.5. The van der Waals surface area contributed by atoms with Crippen molar-refractivity contribution in [2.45, 2.75) is 11.8 Å². The van der Waals surface area contributed by atoms with E-state index in [4.69, 9.17) is 5.73 Å². The second-order valence-corrected chi connectivity index (χ2v) is 4.38. The first-order chi connectivity index (χ1) is 6.93. The molecular formula is C10H9BrFNO2. The number of fused-ring (bicyclic) bond motifs is 1. The van der Waals surface area contributed by atoms with E-state index in [1.165, 1.54) is 24.3 Å². The SMILES string of the molecule is NC1(O)C=C(Br)C(O)c2cccc(F)c21. The summed E-state index contributed by atoms with van der Waals surface area (Å²) in [6, 6.07) is 4.17. The van der Waals surface area contributed by atoms with Crippen molar-refractivity contribution < 1.29 is 14.6 Å². The highest BCUT2D eigenvalue weighted by Crippen LogP contribution is 2.40. The fraction of sp³-hybridized carbons (Fsp3) is 0.200. The minimum absolute atomic E-state index is 0.0827. The topological polar surface area (TPSA) is 66.5 Å². The molecule has 2 unspecified atom stereocenters. The van der Waals surface area contributed by atoms with Gasteiger partial charge in [0.25, 0.3) is 0 Å². The molecule has 3 nitrogen and oxygen atoms in total. The number of hydrogen-bond donors (Lipinski definition) is 3. The monoisotopic (exact) mass is 273 g/mol. The van der Waals surface area contributed by atoms with Gasteiger partial charge in [-0.25, -0.2) is 4.39 Å². The highest BCUT2D eigenvalue weighted by Gasteiger charge is 2.36. The van der Waals surface area contributed by atoms with Gasteiger partial charge in [-0.3, -0.25) is 5.73 Å². The Morgan fingerprint density at radius 1 is 1.47 bits per heavy atom. The van der Waals surface area contributed by atoms with E-state index in [-0.39, 0.29) is 11.1 Å². The molecule has 15 heavy (non-hydrogen) atoms. The van der Waals surface area contributed by atoms with Crippen LogP contribution >= 0.6 is 15.9 Å². The van der Waals surface area contributed by atoms with Crippen molar-refractivity contribution in [1.29, 1.82) is 0 Å². The number of nitrogens with two attached hydrogens (primary N) is 1. The zero-order chi connectivity index (χ0) is 11.2. The summed E-state index contributed by atoms with van der Waals surface area (Å²) in [4.78, 5) is 0. The molecule has 2 rings (SSSR count). The van der Waals surface area contributed by atoms with Gasteiger partial charge in [-0.15, -0.1) is 0 Å². The fourth-order valence-electron chi connectivity index (χ4n) is 1.70. The third-order valence-corrected chi connectivity index (χ3v) is 3.02. The molecule has 1 aromatic rings. The van der Waals surface area contributed by atoms with E-state index in [1.807, 2.05) is 0 Å². The van der Waals surface area contributed by atoms with Gasteiger partial charge in [0.1, 0.15) is 11.9 Å². The fourth-order valence-corrected chi connectivity index (χ4v) is 2.30. The number of aliphatic hydroxyl groups is 2. The van der Waals surface area contributed by atoms with Gasteiger partial charge < -0.3 is 10.2 Å². The van der Waals surface area contributed by atoms with Gasteiger partial charge >= 0.3 is 0 Å². The molecule has 0 aliphatic heterocycles. The summed E-state index contributed by atoms with van der Waals surface area (Å²) >= 11 is 3.07. The van der Waals surface area contributed by atoms with Gasteiger partial charge in [-0.2, -0.15) is 0 Å². The molecule has 0 aromatic heterocycles. The lowest BCUT2D eigenvalue weighted by atomic mass is 9.88. The minimum Gasteiger partial charge on any atom is -0.383 e. The Labute approximate surface area is 94.2 Å². The van der Waals surface area contributed by atoms with Gasteiger partial charge in [0, 0.05) is 10.0 Å². The number of rotatable bonds is 0. The van der Waals surface area contributed by atoms with Crippen molar-refractivity contribution in [3.63, 3.8) is 0 Å². The molecule has 0 saturated carbocycles. The Morgan fingerprint density at radius 2 is 2.13 bits per heavy atom. The maximum atomic E-state index is 13.5. The molecule has 0 radical (unpaired) electrons. The predicted molar refractivity (Wildman–Crippen MR) is 56.5 cm³/mol. The average molecular weight is 274 g/mol. The Balaban J connectivity index is 2.72. The highest BCUT2D eigenvalue weighted by molar-refractivity contribution is 9.11. The zero-order valence-corrected chi connectivity index (χ0v) is 9.20. The predicted octanol–water partition coefficient (Wildman–Crippen LogP) is 1.26. The van der Waals surface area contributed by atoms with E-state index in [9.17, 15) is 14.6 Å². The summed E-state index contributed by atoms with van der Waals surface area (Å²) < 4.78 is 13.8. The molecule has 0 bridgehead atoms. The summed E-state index contributed by atoms with van der Waals surface area (Å²) in [6.45, 7) is 0. The van der Waals surface area contributed by atoms with E-state index in [0.29, 0.717) is 4.48 Å². The van der Waals surface area contributed by atoms with Crippen molar-refractivity contribution in [3.8, 4) is 0 Å². The van der Waals surface area contributed by atoms with Crippen molar-refractivity contribution in [2.24, 2.45) is 5.73 Å². The molecule has 1 aliphatic rings. The number of halogens is 2. The Morgan fingerprint density at radius 3 is 2.80 bits per heavy atom. The van der Waals surface area contributed by atoms with Crippen molar-refractivity contribution in [1.82, 2.24) is 0 Å². The van der Waals surface area contributed by atoms with Crippen molar-refractivity contribution in [3.05, 3.63) is 45.7 Å². The van der Waals surface area contributed by atoms with Crippen LogP contribution in [0, 0.1) is 5.82 Å². The second kappa shape index (κ2) is 3.38. The van der Waals surface area contributed by atoms with Gasteiger partial charge in [-0.05, 0) is 17.7 Å². The van der Waals surface area contributed by atoms with Crippen molar-refractivity contribution >= 4 is 15.9 Å². The molecule has 0 spiro atoms. The number of aliphatic hydroxyl groups excluding tert-OH is 1. The van der Waals surface area contributed by atoms with Crippen LogP contribution in [0.4, 0.5) is 4.39 Å². The largest absolute Gasteiger partial charge is 0.383 e. The summed E-state index contributed by atoms with van der Waals surface area (Å²) in [5, 5.41) is 19.6. The first kappa shape index (κ1) is 10.8. The molecule has 0 amide bonds. The molecule has 0 fully saturated rings.